The molecule has 0 aromatic heterocycles. The maximum Gasteiger partial charge on any atom is 0.203 e. The summed E-state index contributed by atoms with van der Waals surface area (Å²) in [6.45, 7) is 0.409. The fraction of sp³-hybridized carbons (Fsp3) is 0.294. The number of fused-ring (bicyclic) bond motifs is 1. The summed E-state index contributed by atoms with van der Waals surface area (Å²) < 4.78 is 16.1. The molecule has 0 spiro atoms. The molecule has 0 aliphatic carbocycles. The van der Waals surface area contributed by atoms with Crippen molar-refractivity contribution in [1.82, 2.24) is 0 Å². The predicted molar refractivity (Wildman–Crippen MR) is 81.3 cm³/mol. The standard InChI is InChI=1S/C17H18O5/c1-20-12-4-5-13(15(19)8-12)11-7-10-3-6-14(18)17(21-2)16(10)22-9-11/h3-6,8,11,18-19H,7,9H2,1-2H3/t11-/m0/s1. The molecule has 0 amide bonds. The molecule has 0 bridgehead atoms. The average molecular weight is 302 g/mol. The second kappa shape index (κ2) is 5.67. The summed E-state index contributed by atoms with van der Waals surface area (Å²) in [5.74, 6) is 1.84. The highest BCUT2D eigenvalue weighted by molar-refractivity contribution is 5.57. The van der Waals surface area contributed by atoms with Gasteiger partial charge in [0, 0.05) is 17.5 Å². The lowest BCUT2D eigenvalue weighted by atomic mass is 9.89. The van der Waals surface area contributed by atoms with Crippen LogP contribution in [0.3, 0.4) is 0 Å². The minimum atomic E-state index is 0.0349. The van der Waals surface area contributed by atoms with Crippen LogP contribution in [0.15, 0.2) is 30.3 Å². The van der Waals surface area contributed by atoms with Gasteiger partial charge in [-0.3, -0.25) is 0 Å². The monoisotopic (exact) mass is 302 g/mol. The van der Waals surface area contributed by atoms with Crippen LogP contribution in [-0.2, 0) is 6.42 Å². The van der Waals surface area contributed by atoms with Crippen LogP contribution in [0.4, 0.5) is 0 Å². The molecule has 1 heterocycles. The van der Waals surface area contributed by atoms with Crippen LogP contribution >= 0.6 is 0 Å². The van der Waals surface area contributed by atoms with Gasteiger partial charge in [-0.15, -0.1) is 0 Å². The molecule has 0 saturated heterocycles. The molecule has 2 aromatic rings. The predicted octanol–water partition coefficient (Wildman–Crippen LogP) is 2.83. The summed E-state index contributed by atoms with van der Waals surface area (Å²) in [6, 6.07) is 8.69. The number of methoxy groups -OCH3 is 2. The molecular weight excluding hydrogens is 284 g/mol. The molecule has 1 aliphatic heterocycles. The summed E-state index contributed by atoms with van der Waals surface area (Å²) in [6.07, 6.45) is 0.700. The third-order valence-electron chi connectivity index (χ3n) is 3.95. The van der Waals surface area contributed by atoms with Gasteiger partial charge in [0.1, 0.15) is 11.5 Å². The van der Waals surface area contributed by atoms with Crippen LogP contribution in [0, 0.1) is 0 Å². The largest absolute Gasteiger partial charge is 0.508 e. The van der Waals surface area contributed by atoms with Gasteiger partial charge in [0.2, 0.25) is 5.75 Å². The van der Waals surface area contributed by atoms with Crippen molar-refractivity contribution in [2.45, 2.75) is 12.3 Å². The average Bonchev–Trinajstić information content (AvgIpc) is 2.54. The van der Waals surface area contributed by atoms with Gasteiger partial charge < -0.3 is 24.4 Å². The van der Waals surface area contributed by atoms with E-state index in [4.69, 9.17) is 14.2 Å². The number of rotatable bonds is 3. The highest BCUT2D eigenvalue weighted by atomic mass is 16.5. The van der Waals surface area contributed by atoms with E-state index in [1.54, 1.807) is 19.2 Å². The van der Waals surface area contributed by atoms with Gasteiger partial charge in [-0.2, -0.15) is 0 Å². The molecule has 0 radical (unpaired) electrons. The van der Waals surface area contributed by atoms with E-state index >= 15 is 0 Å². The summed E-state index contributed by atoms with van der Waals surface area (Å²) in [7, 11) is 3.06. The molecule has 5 nitrogen and oxygen atoms in total. The van der Waals surface area contributed by atoms with E-state index in [9.17, 15) is 10.2 Å². The Morgan fingerprint density at radius 3 is 2.55 bits per heavy atom. The molecule has 1 atom stereocenters. The number of aromatic hydroxyl groups is 2. The third-order valence-corrected chi connectivity index (χ3v) is 3.95. The SMILES string of the molecule is COc1ccc([C@@H]2COc3c(ccc(O)c3OC)C2)c(O)c1. The number of ether oxygens (including phenoxy) is 3. The molecule has 22 heavy (non-hydrogen) atoms. The highest BCUT2D eigenvalue weighted by Gasteiger charge is 2.27. The van der Waals surface area contributed by atoms with E-state index < -0.39 is 0 Å². The topological polar surface area (TPSA) is 68.2 Å². The van der Waals surface area contributed by atoms with E-state index in [1.165, 1.54) is 7.11 Å². The smallest absolute Gasteiger partial charge is 0.203 e. The molecular formula is C17H18O5. The first-order valence-corrected chi connectivity index (χ1v) is 7.02. The first-order valence-electron chi connectivity index (χ1n) is 7.02. The molecule has 3 rings (SSSR count). The Bertz CT molecular complexity index is 696. The molecule has 1 aliphatic rings. The zero-order chi connectivity index (χ0) is 15.7. The summed E-state index contributed by atoms with van der Waals surface area (Å²) in [4.78, 5) is 0. The van der Waals surface area contributed by atoms with Crippen LogP contribution < -0.4 is 14.2 Å². The van der Waals surface area contributed by atoms with Gasteiger partial charge in [0.25, 0.3) is 0 Å². The van der Waals surface area contributed by atoms with Crippen molar-refractivity contribution >= 4 is 0 Å². The van der Waals surface area contributed by atoms with Crippen molar-refractivity contribution in [3.05, 3.63) is 41.5 Å². The normalized spacial score (nSPS) is 16.5. The fourth-order valence-electron chi connectivity index (χ4n) is 2.81. The lowest BCUT2D eigenvalue weighted by Crippen LogP contribution is -2.19. The molecule has 5 heteroatoms. The zero-order valence-corrected chi connectivity index (χ0v) is 12.5. The van der Waals surface area contributed by atoms with Gasteiger partial charge in [-0.1, -0.05) is 12.1 Å². The Hall–Kier alpha value is -2.56. The highest BCUT2D eigenvalue weighted by Crippen LogP contribution is 2.45. The van der Waals surface area contributed by atoms with Crippen LogP contribution in [0.2, 0.25) is 0 Å². The molecule has 0 fully saturated rings. The maximum absolute atomic E-state index is 10.2. The van der Waals surface area contributed by atoms with Crippen molar-refractivity contribution in [2.75, 3.05) is 20.8 Å². The lowest BCUT2D eigenvalue weighted by Gasteiger charge is -2.27. The quantitative estimate of drug-likeness (QED) is 0.912. The van der Waals surface area contributed by atoms with Crippen molar-refractivity contribution < 1.29 is 24.4 Å². The minimum Gasteiger partial charge on any atom is -0.508 e. The number of phenols is 2. The van der Waals surface area contributed by atoms with Crippen molar-refractivity contribution in [3.8, 4) is 28.7 Å². The van der Waals surface area contributed by atoms with Crippen LogP contribution in [0.5, 0.6) is 28.7 Å². The van der Waals surface area contributed by atoms with Crippen LogP contribution in [-0.4, -0.2) is 31.0 Å². The van der Waals surface area contributed by atoms with Gasteiger partial charge in [0.05, 0.1) is 20.8 Å². The van der Waals surface area contributed by atoms with Crippen LogP contribution in [0.25, 0.3) is 0 Å². The van der Waals surface area contributed by atoms with E-state index in [0.717, 1.165) is 11.1 Å². The second-order valence-electron chi connectivity index (χ2n) is 5.24. The summed E-state index contributed by atoms with van der Waals surface area (Å²) in [5, 5.41) is 20.0. The van der Waals surface area contributed by atoms with Gasteiger partial charge in [0.15, 0.2) is 11.5 Å². The lowest BCUT2D eigenvalue weighted by molar-refractivity contribution is 0.241. The number of hydrogen-bond acceptors (Lipinski definition) is 5. The number of hydrogen-bond donors (Lipinski definition) is 2. The Morgan fingerprint density at radius 1 is 1.05 bits per heavy atom. The summed E-state index contributed by atoms with van der Waals surface area (Å²) >= 11 is 0. The first-order chi connectivity index (χ1) is 10.6. The second-order valence-corrected chi connectivity index (χ2v) is 5.24. The number of phenolic OH excluding ortho intramolecular Hbond substituents is 2. The van der Waals surface area contributed by atoms with Gasteiger partial charge in [-0.05, 0) is 24.1 Å². The molecule has 0 saturated carbocycles. The zero-order valence-electron chi connectivity index (χ0n) is 12.5. The molecule has 2 aromatic carbocycles. The van der Waals surface area contributed by atoms with Gasteiger partial charge >= 0.3 is 0 Å². The Kier molecular flexibility index (Phi) is 3.71. The first kappa shape index (κ1) is 14.4. The van der Waals surface area contributed by atoms with E-state index in [2.05, 4.69) is 0 Å². The Morgan fingerprint density at radius 2 is 1.86 bits per heavy atom. The molecule has 116 valence electrons. The van der Waals surface area contributed by atoms with E-state index in [-0.39, 0.29) is 17.4 Å². The molecule has 0 unspecified atom stereocenters. The van der Waals surface area contributed by atoms with E-state index in [1.807, 2.05) is 18.2 Å². The van der Waals surface area contributed by atoms with Crippen LogP contribution in [0.1, 0.15) is 17.0 Å². The Labute approximate surface area is 128 Å². The van der Waals surface area contributed by atoms with Crippen molar-refractivity contribution in [2.24, 2.45) is 0 Å². The number of benzene rings is 2. The minimum absolute atomic E-state index is 0.0349. The van der Waals surface area contributed by atoms with Gasteiger partial charge in [-0.25, -0.2) is 0 Å². The third kappa shape index (κ3) is 2.39. The van der Waals surface area contributed by atoms with E-state index in [0.29, 0.717) is 30.3 Å². The molecule has 2 N–H and O–H groups in total. The van der Waals surface area contributed by atoms with Crippen molar-refractivity contribution in [3.63, 3.8) is 0 Å². The maximum atomic E-state index is 10.2. The Balaban J connectivity index is 1.92. The van der Waals surface area contributed by atoms with Crippen molar-refractivity contribution in [1.29, 1.82) is 0 Å². The summed E-state index contributed by atoms with van der Waals surface area (Å²) in [5.41, 5.74) is 1.76. The fourth-order valence-corrected chi connectivity index (χ4v) is 2.81.